The highest BCUT2D eigenvalue weighted by molar-refractivity contribution is 7.80. The van der Waals surface area contributed by atoms with Crippen molar-refractivity contribution in [2.24, 2.45) is 15.0 Å². The number of aliphatic imine (C=N–C) groups is 3. The van der Waals surface area contributed by atoms with Gasteiger partial charge in [-0.1, -0.05) is 96.6 Å². The third kappa shape index (κ3) is 15.8. The maximum absolute atomic E-state index is 13.9. The van der Waals surface area contributed by atoms with Gasteiger partial charge in [0.15, 0.2) is 0 Å². The van der Waals surface area contributed by atoms with Crippen molar-refractivity contribution in [1.82, 2.24) is 24.9 Å². The molecule has 0 spiro atoms. The molecule has 9 aromatic carbocycles. The van der Waals surface area contributed by atoms with E-state index in [9.17, 15) is 31.9 Å². The molecule has 5 aromatic heterocycles. The Morgan fingerprint density at radius 3 is 1.36 bits per heavy atom. The van der Waals surface area contributed by atoms with Crippen molar-refractivity contribution in [1.29, 1.82) is 0 Å². The van der Waals surface area contributed by atoms with Gasteiger partial charge in [0.25, 0.3) is 17.7 Å². The Labute approximate surface area is 629 Å². The summed E-state index contributed by atoms with van der Waals surface area (Å²) in [6.07, 6.45) is 16.8. The second-order valence-electron chi connectivity index (χ2n) is 26.5. The van der Waals surface area contributed by atoms with E-state index in [1.165, 1.54) is 36.1 Å². The van der Waals surface area contributed by atoms with Crippen LogP contribution in [0.4, 0.5) is 14.5 Å². The van der Waals surface area contributed by atoms with Crippen LogP contribution in [-0.2, 0) is 30.5 Å². The lowest BCUT2D eigenvalue weighted by atomic mass is 9.93. The van der Waals surface area contributed by atoms with E-state index in [1.54, 1.807) is 98.7 Å². The monoisotopic (exact) mass is 1450 g/mol. The number of aromatic nitrogens is 5. The number of amides is 3. The summed E-state index contributed by atoms with van der Waals surface area (Å²) in [7, 11) is 0. The molecule has 0 bridgehead atoms. The van der Waals surface area contributed by atoms with E-state index in [1.807, 2.05) is 115 Å². The van der Waals surface area contributed by atoms with Crippen molar-refractivity contribution in [3.63, 3.8) is 0 Å². The van der Waals surface area contributed by atoms with Crippen LogP contribution in [0.5, 0.6) is 0 Å². The summed E-state index contributed by atoms with van der Waals surface area (Å²) >= 11 is -0.846. The quantitative estimate of drug-likeness (QED) is 0.115. The number of carbonyl (C=O) groups is 3. The Morgan fingerprint density at radius 2 is 0.861 bits per heavy atom. The second kappa shape index (κ2) is 31.5. The molecule has 1 fully saturated rings. The van der Waals surface area contributed by atoms with E-state index in [4.69, 9.17) is 4.98 Å². The van der Waals surface area contributed by atoms with Crippen LogP contribution in [-0.4, -0.2) is 70.0 Å². The molecule has 18 heteroatoms. The first-order valence-corrected chi connectivity index (χ1v) is 37.0. The number of rotatable bonds is 12. The number of nitrogens with one attached hydrogen (secondary N) is 1. The van der Waals surface area contributed by atoms with Gasteiger partial charge in [0.1, 0.15) is 11.6 Å². The van der Waals surface area contributed by atoms with Crippen molar-refractivity contribution in [3.8, 4) is 101 Å². The zero-order chi connectivity index (χ0) is 74.4. The lowest BCUT2D eigenvalue weighted by molar-refractivity contribution is 0.0992. The second-order valence-corrected chi connectivity index (χ2v) is 28.1. The molecular weight excluding hydrogens is 1390 g/mol. The third-order valence-corrected chi connectivity index (χ3v) is 20.4. The average molecular weight is 1460 g/mol. The molecule has 4 aliphatic rings. The molecule has 1 aliphatic carbocycles. The van der Waals surface area contributed by atoms with E-state index in [-0.39, 0.29) is 29.4 Å². The number of pyridine rings is 4. The molecule has 3 aliphatic heterocycles. The van der Waals surface area contributed by atoms with Crippen molar-refractivity contribution in [3.05, 3.63) is 322 Å². The minimum absolute atomic E-state index is 0.152. The maximum atomic E-state index is 13.9. The van der Waals surface area contributed by atoms with Crippen LogP contribution in [0.25, 0.3) is 111 Å². The van der Waals surface area contributed by atoms with Crippen LogP contribution in [0.15, 0.2) is 270 Å². The van der Waals surface area contributed by atoms with E-state index in [0.717, 1.165) is 133 Å². The van der Waals surface area contributed by atoms with Gasteiger partial charge in [-0.05, 0) is 234 Å². The number of aryl methyl sites for hydroxylation is 3. The van der Waals surface area contributed by atoms with Gasteiger partial charge in [-0.15, -0.1) is 11.3 Å². The van der Waals surface area contributed by atoms with Crippen molar-refractivity contribution in [2.75, 3.05) is 4.72 Å². The first-order valence-electron chi connectivity index (χ1n) is 35.1. The standard InChI is InChI=1S/C25H18FN3O2S2.C23H18N2O.C21H15FN2O.C21H16N2O/c1-15-9-18(5-7-22(15)26)25-21(17-6-8-23-24(12-17)32-14-28-23)11-19(13-27-25)16-3-2-4-20(10-16)29-33(30)31;26-23-21-9-8-17(14-18(21)10-12-25-23)20-5-2-11-24-22(20)19-4-1-3-16(13-19)15-6-7-15;1-13-11-16(5-7-19(13)22)20-17(3-2-9-23-20)14-4-6-18-15(12-14)8-10-24-21(18)25;1-14-4-2-5-17(12-14)20-18(6-3-10-22-20)15-7-8-19-16(13-15)9-11-23-21(19)24/h2-14,29H,1H3,(H,30,31);1-5,8-9,11-15H,6-7,10H2;2-7,9-12H,8H2,1H3;2-8,10-13H,9H2,1H3/p-1. The number of anilines is 1. The molecule has 1 N–H and O–H groups in total. The minimum atomic E-state index is -2.41. The predicted octanol–water partition coefficient (Wildman–Crippen LogP) is 20.5. The Kier molecular flexibility index (Phi) is 20.7. The Hall–Kier alpha value is -12.7. The van der Waals surface area contributed by atoms with E-state index in [0.29, 0.717) is 52.8 Å². The highest BCUT2D eigenvalue weighted by atomic mass is 32.2. The summed E-state index contributed by atoms with van der Waals surface area (Å²) in [6.45, 7) is 5.55. The SMILES string of the molecule is Cc1cc(-c2ncc(-c3cccc(NS(=O)[O-])c3)cc2-c2ccc3ncsc3c2)ccc1F.Cc1cc(-c2ncccc2-c2ccc3c(c2)CC=NC3=O)ccc1F.Cc1cccc(-c2ncccc2-c2ccc3c(c2)CC=NC3=O)c1.O=C1N=CCc2cc(-c3cccnc3-c3cccc(C4CC4)c3)ccc21. The van der Waals surface area contributed by atoms with Crippen molar-refractivity contribution >= 4 is 74.9 Å². The first kappa shape index (κ1) is 70.9. The fraction of sp³-hybridized carbons (Fsp3) is 0.100. The van der Waals surface area contributed by atoms with Crippen LogP contribution in [0, 0.1) is 32.4 Å². The zero-order valence-electron chi connectivity index (χ0n) is 58.8. The number of hydrogen-bond donors (Lipinski definition) is 1. The van der Waals surface area contributed by atoms with Crippen LogP contribution in [0.1, 0.15) is 88.8 Å². The number of fused-ring (bicyclic) bond motifs is 4. The summed E-state index contributed by atoms with van der Waals surface area (Å²) in [5.41, 5.74) is 29.2. The van der Waals surface area contributed by atoms with E-state index < -0.39 is 11.3 Å². The molecule has 18 rings (SSSR count). The fourth-order valence-corrected chi connectivity index (χ4v) is 14.6. The smallest absolute Gasteiger partial charge is 0.276 e. The van der Waals surface area contributed by atoms with Crippen molar-refractivity contribution in [2.45, 2.75) is 58.8 Å². The number of benzene rings is 9. The number of carbonyl (C=O) groups excluding carboxylic acids is 3. The van der Waals surface area contributed by atoms with Gasteiger partial charge in [-0.3, -0.25) is 38.5 Å². The summed E-state index contributed by atoms with van der Waals surface area (Å²) < 4.78 is 53.0. The molecule has 1 unspecified atom stereocenters. The molecule has 8 heterocycles. The Balaban J connectivity index is 0.000000116. The Bertz CT molecular complexity index is 6010. The summed E-state index contributed by atoms with van der Waals surface area (Å²) in [6, 6.07) is 71.9. The van der Waals surface area contributed by atoms with E-state index in [2.05, 4.69) is 119 Å². The third-order valence-electron chi connectivity index (χ3n) is 19.2. The topological polar surface area (TPSA) is 205 Å². The molecule has 1 atom stereocenters. The summed E-state index contributed by atoms with van der Waals surface area (Å²) in [5, 5.41) is 0. The lowest BCUT2D eigenvalue weighted by Crippen LogP contribution is -2.08. The van der Waals surface area contributed by atoms with Gasteiger partial charge >= 0.3 is 0 Å². The number of hydrogen-bond acceptors (Lipinski definition) is 11. The largest absolute Gasteiger partial charge is 0.755 e. The van der Waals surface area contributed by atoms with Crippen molar-refractivity contribution < 1.29 is 31.9 Å². The van der Waals surface area contributed by atoms with Gasteiger partial charge in [-0.2, -0.15) is 0 Å². The van der Waals surface area contributed by atoms with Gasteiger partial charge in [0, 0.05) is 146 Å². The molecule has 108 heavy (non-hydrogen) atoms. The van der Waals surface area contributed by atoms with Crippen LogP contribution in [0.2, 0.25) is 0 Å². The van der Waals surface area contributed by atoms with Gasteiger partial charge in [0.05, 0.1) is 38.5 Å². The van der Waals surface area contributed by atoms with Crippen LogP contribution < -0.4 is 4.72 Å². The highest BCUT2D eigenvalue weighted by Crippen LogP contribution is 2.43. The molecule has 528 valence electrons. The zero-order valence-corrected chi connectivity index (χ0v) is 60.4. The van der Waals surface area contributed by atoms with Crippen LogP contribution in [0.3, 0.4) is 0 Å². The predicted molar refractivity (Wildman–Crippen MR) is 427 cm³/mol. The van der Waals surface area contributed by atoms with Crippen LogP contribution >= 0.6 is 11.3 Å². The minimum Gasteiger partial charge on any atom is -0.755 e. The highest BCUT2D eigenvalue weighted by Gasteiger charge is 2.25. The van der Waals surface area contributed by atoms with E-state index >= 15 is 0 Å². The molecule has 3 amide bonds. The number of nitrogens with zero attached hydrogens (tertiary/aromatic N) is 8. The first-order chi connectivity index (χ1) is 52.6. The molecule has 0 radical (unpaired) electrons. The molecule has 14 nitrogen and oxygen atoms in total. The molecule has 14 aromatic rings. The average Bonchev–Trinajstić information content (AvgIpc) is 1.45. The van der Waals surface area contributed by atoms with Gasteiger partial charge in [0.2, 0.25) is 0 Å². The molecular formula is C90H66F2N9O5S2-. The number of thiazole rings is 1. The Morgan fingerprint density at radius 1 is 0.407 bits per heavy atom. The van der Waals surface area contributed by atoms with Gasteiger partial charge < -0.3 is 9.27 Å². The summed E-state index contributed by atoms with van der Waals surface area (Å²) in [4.78, 5) is 70.1. The van der Waals surface area contributed by atoms with Gasteiger partial charge in [-0.25, -0.2) is 28.7 Å². The number of halogens is 2. The normalized spacial score (nSPS) is 13.4. The fourth-order valence-electron chi connectivity index (χ4n) is 13.6. The molecule has 0 saturated heterocycles. The maximum Gasteiger partial charge on any atom is 0.276 e. The molecule has 1 saturated carbocycles. The summed E-state index contributed by atoms with van der Waals surface area (Å²) in [5.74, 6) is -0.283. The lowest BCUT2D eigenvalue weighted by Gasteiger charge is -2.14.